The number of nitrogens with one attached hydrogen (secondary N) is 1. The molecule has 1 aromatic heterocycles. The van der Waals surface area contributed by atoms with Crippen LogP contribution in [0.25, 0.3) is 0 Å². The van der Waals surface area contributed by atoms with E-state index in [2.05, 4.69) is 42.0 Å². The quantitative estimate of drug-likeness (QED) is 0.867. The van der Waals surface area contributed by atoms with Crippen LogP contribution in [0.5, 0.6) is 0 Å². The van der Waals surface area contributed by atoms with Gasteiger partial charge in [0.2, 0.25) is 0 Å². The molecule has 1 N–H and O–H groups in total. The molecule has 2 rings (SSSR count). The van der Waals surface area contributed by atoms with E-state index >= 15 is 0 Å². The Morgan fingerprint density at radius 1 is 1.50 bits per heavy atom. The van der Waals surface area contributed by atoms with E-state index in [4.69, 9.17) is 4.74 Å². The molecule has 20 heavy (non-hydrogen) atoms. The van der Waals surface area contributed by atoms with Crippen molar-refractivity contribution in [1.29, 1.82) is 0 Å². The van der Waals surface area contributed by atoms with Crippen LogP contribution in [0.1, 0.15) is 39.2 Å². The molecule has 0 saturated carbocycles. The zero-order valence-corrected chi connectivity index (χ0v) is 12.9. The van der Waals surface area contributed by atoms with E-state index in [0.717, 1.165) is 26.2 Å². The topological polar surface area (TPSA) is 37.4 Å². The van der Waals surface area contributed by atoms with Gasteiger partial charge in [0, 0.05) is 55.9 Å². The van der Waals surface area contributed by atoms with Gasteiger partial charge in [-0.15, -0.1) is 0 Å². The van der Waals surface area contributed by atoms with Gasteiger partial charge in [-0.1, -0.05) is 13.8 Å². The predicted molar refractivity (Wildman–Crippen MR) is 83.1 cm³/mol. The number of hydrogen-bond donors (Lipinski definition) is 1. The smallest absolute Gasteiger partial charge is 0.0750 e. The first-order valence-corrected chi connectivity index (χ1v) is 7.73. The third-order valence-corrected chi connectivity index (χ3v) is 3.70. The molecule has 0 spiro atoms. The van der Waals surface area contributed by atoms with Gasteiger partial charge in [0.05, 0.1) is 6.10 Å². The maximum atomic E-state index is 5.80. The summed E-state index contributed by atoms with van der Waals surface area (Å²) in [4.78, 5) is 6.72. The summed E-state index contributed by atoms with van der Waals surface area (Å²) in [6.45, 7) is 10.2. The molecule has 1 saturated heterocycles. The lowest BCUT2D eigenvalue weighted by molar-refractivity contribution is 0.0526. The fourth-order valence-corrected chi connectivity index (χ4v) is 2.71. The molecule has 2 heterocycles. The van der Waals surface area contributed by atoms with E-state index in [1.165, 1.54) is 24.1 Å². The van der Waals surface area contributed by atoms with Crippen LogP contribution >= 0.6 is 0 Å². The maximum absolute atomic E-state index is 5.80. The summed E-state index contributed by atoms with van der Waals surface area (Å²) in [5.41, 5.74) is 2.58. The highest BCUT2D eigenvalue weighted by Gasteiger charge is 2.21. The third kappa shape index (κ3) is 4.18. The fourth-order valence-electron chi connectivity index (χ4n) is 2.71. The number of aromatic nitrogens is 1. The minimum absolute atomic E-state index is 0.368. The molecule has 0 aliphatic carbocycles. The zero-order valence-electron chi connectivity index (χ0n) is 12.9. The van der Waals surface area contributed by atoms with E-state index in [-0.39, 0.29) is 0 Å². The van der Waals surface area contributed by atoms with Crippen molar-refractivity contribution >= 4 is 5.69 Å². The SMILES string of the molecule is CCOC1CCCN(c2ccncc2CNC(C)C)C1. The van der Waals surface area contributed by atoms with Gasteiger partial charge < -0.3 is 15.0 Å². The van der Waals surface area contributed by atoms with Gasteiger partial charge in [0.15, 0.2) is 0 Å². The van der Waals surface area contributed by atoms with Crippen molar-refractivity contribution in [3.05, 3.63) is 24.0 Å². The molecule has 1 aliphatic heterocycles. The van der Waals surface area contributed by atoms with Crippen LogP contribution in [0.4, 0.5) is 5.69 Å². The Bertz CT molecular complexity index is 406. The number of rotatable bonds is 6. The predicted octanol–water partition coefficient (Wildman–Crippen LogP) is 2.58. The van der Waals surface area contributed by atoms with Gasteiger partial charge in [0.25, 0.3) is 0 Å². The molecule has 0 amide bonds. The molecule has 1 aliphatic rings. The molecule has 1 fully saturated rings. The second kappa shape index (κ2) is 7.60. The number of piperidine rings is 1. The number of anilines is 1. The Labute approximate surface area is 122 Å². The molecule has 4 heteroatoms. The largest absolute Gasteiger partial charge is 0.377 e. The zero-order chi connectivity index (χ0) is 14.4. The summed E-state index contributed by atoms with van der Waals surface area (Å²) in [5, 5.41) is 3.48. The van der Waals surface area contributed by atoms with Crippen LogP contribution in [0.15, 0.2) is 18.5 Å². The molecule has 0 aromatic carbocycles. The van der Waals surface area contributed by atoms with Crippen molar-refractivity contribution < 1.29 is 4.74 Å². The Hall–Kier alpha value is -1.13. The summed E-state index contributed by atoms with van der Waals surface area (Å²) in [6, 6.07) is 2.62. The van der Waals surface area contributed by atoms with Gasteiger partial charge in [-0.05, 0) is 25.8 Å². The van der Waals surface area contributed by atoms with Gasteiger partial charge in [-0.25, -0.2) is 0 Å². The molecule has 1 atom stereocenters. The van der Waals surface area contributed by atoms with Crippen molar-refractivity contribution in [3.63, 3.8) is 0 Å². The summed E-state index contributed by atoms with van der Waals surface area (Å²) < 4.78 is 5.80. The van der Waals surface area contributed by atoms with Gasteiger partial charge in [-0.2, -0.15) is 0 Å². The summed E-state index contributed by atoms with van der Waals surface area (Å²) in [7, 11) is 0. The van der Waals surface area contributed by atoms with Crippen molar-refractivity contribution in [2.45, 2.75) is 52.3 Å². The van der Waals surface area contributed by atoms with E-state index in [1.54, 1.807) is 0 Å². The number of pyridine rings is 1. The second-order valence-corrected chi connectivity index (χ2v) is 5.71. The van der Waals surface area contributed by atoms with Crippen LogP contribution in [0.2, 0.25) is 0 Å². The van der Waals surface area contributed by atoms with Crippen LogP contribution < -0.4 is 10.2 Å². The van der Waals surface area contributed by atoms with E-state index in [1.807, 2.05) is 12.4 Å². The van der Waals surface area contributed by atoms with Crippen LogP contribution in [0, 0.1) is 0 Å². The number of ether oxygens (including phenoxy) is 1. The number of nitrogens with zero attached hydrogens (tertiary/aromatic N) is 2. The Balaban J connectivity index is 2.06. The van der Waals surface area contributed by atoms with Crippen LogP contribution in [0.3, 0.4) is 0 Å². The van der Waals surface area contributed by atoms with Crippen molar-refractivity contribution in [1.82, 2.24) is 10.3 Å². The third-order valence-electron chi connectivity index (χ3n) is 3.70. The maximum Gasteiger partial charge on any atom is 0.0750 e. The summed E-state index contributed by atoms with van der Waals surface area (Å²) in [5.74, 6) is 0. The minimum Gasteiger partial charge on any atom is -0.377 e. The minimum atomic E-state index is 0.368. The van der Waals surface area contributed by atoms with Crippen LogP contribution in [-0.4, -0.2) is 36.8 Å². The monoisotopic (exact) mass is 277 g/mol. The molecule has 1 unspecified atom stereocenters. The lowest BCUT2D eigenvalue weighted by atomic mass is 10.1. The van der Waals surface area contributed by atoms with E-state index in [9.17, 15) is 0 Å². The lowest BCUT2D eigenvalue weighted by Gasteiger charge is -2.35. The van der Waals surface area contributed by atoms with Crippen LogP contribution in [-0.2, 0) is 11.3 Å². The average molecular weight is 277 g/mol. The molecule has 1 aromatic rings. The normalized spacial score (nSPS) is 19.6. The second-order valence-electron chi connectivity index (χ2n) is 5.71. The highest BCUT2D eigenvalue weighted by Crippen LogP contribution is 2.24. The Morgan fingerprint density at radius 3 is 3.10 bits per heavy atom. The lowest BCUT2D eigenvalue weighted by Crippen LogP contribution is -2.40. The Morgan fingerprint density at radius 2 is 2.35 bits per heavy atom. The first-order valence-electron chi connectivity index (χ1n) is 7.73. The molecule has 112 valence electrons. The highest BCUT2D eigenvalue weighted by atomic mass is 16.5. The molecular formula is C16H27N3O. The molecular weight excluding hydrogens is 250 g/mol. The van der Waals surface area contributed by atoms with Crippen molar-refractivity contribution in [2.75, 3.05) is 24.6 Å². The standard InChI is InChI=1S/C16H27N3O/c1-4-20-15-6-5-9-19(12-15)16-7-8-17-10-14(16)11-18-13(2)3/h7-8,10,13,15,18H,4-6,9,11-12H2,1-3H3. The first-order chi connectivity index (χ1) is 9.70. The summed E-state index contributed by atoms with van der Waals surface area (Å²) >= 11 is 0. The molecule has 0 bridgehead atoms. The van der Waals surface area contributed by atoms with Gasteiger partial charge in [-0.3, -0.25) is 4.98 Å². The Kier molecular flexibility index (Phi) is 5.80. The molecule has 0 radical (unpaired) electrons. The average Bonchev–Trinajstić information content (AvgIpc) is 2.46. The van der Waals surface area contributed by atoms with E-state index < -0.39 is 0 Å². The highest BCUT2D eigenvalue weighted by molar-refractivity contribution is 5.52. The fraction of sp³-hybridized carbons (Fsp3) is 0.688. The van der Waals surface area contributed by atoms with Gasteiger partial charge >= 0.3 is 0 Å². The van der Waals surface area contributed by atoms with Crippen molar-refractivity contribution in [3.8, 4) is 0 Å². The summed E-state index contributed by atoms with van der Waals surface area (Å²) in [6.07, 6.45) is 6.61. The van der Waals surface area contributed by atoms with Crippen molar-refractivity contribution in [2.24, 2.45) is 0 Å². The molecule has 4 nitrogen and oxygen atoms in total. The first kappa shape index (κ1) is 15.3. The van der Waals surface area contributed by atoms with Gasteiger partial charge in [0.1, 0.15) is 0 Å². The van der Waals surface area contributed by atoms with E-state index in [0.29, 0.717) is 12.1 Å². The number of hydrogen-bond acceptors (Lipinski definition) is 4.